The Bertz CT molecular complexity index is 566. The van der Waals surface area contributed by atoms with Crippen LogP contribution < -0.4 is 10.6 Å². The van der Waals surface area contributed by atoms with Gasteiger partial charge in [0.2, 0.25) is 0 Å². The monoisotopic (exact) mass is 388 g/mol. The van der Waals surface area contributed by atoms with Crippen molar-refractivity contribution in [3.8, 4) is 0 Å². The first-order chi connectivity index (χ1) is 12.0. The Hall–Kier alpha value is -1.05. The van der Waals surface area contributed by atoms with E-state index in [1.54, 1.807) is 18.2 Å². The summed E-state index contributed by atoms with van der Waals surface area (Å²) in [5.41, 5.74) is 0.648. The first-order valence-corrected chi connectivity index (χ1v) is 9.20. The van der Waals surface area contributed by atoms with E-state index in [4.69, 9.17) is 27.9 Å². The molecule has 8 heteroatoms. The van der Waals surface area contributed by atoms with E-state index >= 15 is 0 Å². The minimum absolute atomic E-state index is 0.124. The lowest BCUT2D eigenvalue weighted by Crippen LogP contribution is -2.48. The van der Waals surface area contributed by atoms with Gasteiger partial charge in [-0.3, -0.25) is 4.99 Å². The van der Waals surface area contributed by atoms with Crippen molar-refractivity contribution < 1.29 is 9.84 Å². The van der Waals surface area contributed by atoms with Crippen molar-refractivity contribution in [3.63, 3.8) is 0 Å². The van der Waals surface area contributed by atoms with Gasteiger partial charge in [-0.25, -0.2) is 0 Å². The lowest BCUT2D eigenvalue weighted by atomic mass is 10.1. The fourth-order valence-corrected chi connectivity index (χ4v) is 3.14. The number of ether oxygens (including phenoxy) is 1. The molecule has 0 aromatic heterocycles. The van der Waals surface area contributed by atoms with E-state index in [1.807, 2.05) is 6.92 Å². The standard InChI is InChI=1S/C17H26Cl2N4O2/c1-3-20-17(21-9-15-11-23(2)4-5-25-15)22-10-16(24)12-6-13(18)8-14(19)7-12/h6-8,15-16,24H,3-5,9-11H2,1-2H3,(H2,20,21,22). The second-order valence-electron chi connectivity index (χ2n) is 6.07. The molecule has 1 aromatic rings. The van der Waals surface area contributed by atoms with Crippen LogP contribution in [0.25, 0.3) is 0 Å². The summed E-state index contributed by atoms with van der Waals surface area (Å²) in [4.78, 5) is 6.68. The van der Waals surface area contributed by atoms with Crippen molar-refractivity contribution in [1.29, 1.82) is 0 Å². The summed E-state index contributed by atoms with van der Waals surface area (Å²) in [7, 11) is 2.08. The zero-order valence-electron chi connectivity index (χ0n) is 14.6. The van der Waals surface area contributed by atoms with Crippen molar-refractivity contribution in [2.24, 2.45) is 4.99 Å². The van der Waals surface area contributed by atoms with Crippen LogP contribution in [-0.4, -0.2) is 68.4 Å². The minimum atomic E-state index is -0.774. The smallest absolute Gasteiger partial charge is 0.191 e. The van der Waals surface area contributed by atoms with Gasteiger partial charge in [-0.05, 0) is 37.7 Å². The molecule has 1 saturated heterocycles. The van der Waals surface area contributed by atoms with E-state index < -0.39 is 6.10 Å². The molecule has 0 bridgehead atoms. The molecule has 2 atom stereocenters. The molecule has 25 heavy (non-hydrogen) atoms. The van der Waals surface area contributed by atoms with Crippen LogP contribution in [-0.2, 0) is 4.74 Å². The SMILES string of the molecule is CCNC(=NCC(O)c1cc(Cl)cc(Cl)c1)NCC1CN(C)CCO1. The molecule has 2 unspecified atom stereocenters. The average molecular weight is 389 g/mol. The van der Waals surface area contributed by atoms with Crippen LogP contribution in [0.5, 0.6) is 0 Å². The zero-order valence-corrected chi connectivity index (χ0v) is 16.1. The average Bonchev–Trinajstić information content (AvgIpc) is 2.56. The number of likely N-dealkylation sites (N-methyl/N-ethyl adjacent to an activating group) is 1. The molecule has 3 N–H and O–H groups in total. The van der Waals surface area contributed by atoms with Gasteiger partial charge in [0.25, 0.3) is 0 Å². The number of guanidine groups is 1. The van der Waals surface area contributed by atoms with Gasteiger partial charge >= 0.3 is 0 Å². The number of hydrogen-bond acceptors (Lipinski definition) is 4. The van der Waals surface area contributed by atoms with E-state index in [2.05, 4.69) is 27.6 Å². The lowest BCUT2D eigenvalue weighted by molar-refractivity contribution is -0.0161. The van der Waals surface area contributed by atoms with Gasteiger partial charge in [0.15, 0.2) is 5.96 Å². The van der Waals surface area contributed by atoms with Gasteiger partial charge in [-0.1, -0.05) is 23.2 Å². The third kappa shape index (κ3) is 6.99. The number of morpholine rings is 1. The zero-order chi connectivity index (χ0) is 18.2. The van der Waals surface area contributed by atoms with Gasteiger partial charge in [-0.2, -0.15) is 0 Å². The number of aliphatic imine (C=N–C) groups is 1. The highest BCUT2D eigenvalue weighted by molar-refractivity contribution is 6.34. The number of hydrogen-bond donors (Lipinski definition) is 3. The highest BCUT2D eigenvalue weighted by Crippen LogP contribution is 2.23. The van der Waals surface area contributed by atoms with Crippen molar-refractivity contribution in [2.75, 3.05) is 46.4 Å². The highest BCUT2D eigenvalue weighted by Gasteiger charge is 2.18. The number of aliphatic hydroxyl groups excluding tert-OH is 1. The van der Waals surface area contributed by atoms with Gasteiger partial charge < -0.3 is 25.4 Å². The van der Waals surface area contributed by atoms with Crippen LogP contribution in [0.2, 0.25) is 10.0 Å². The third-order valence-electron chi connectivity index (χ3n) is 3.88. The summed E-state index contributed by atoms with van der Waals surface area (Å²) < 4.78 is 5.73. The largest absolute Gasteiger partial charge is 0.386 e. The first-order valence-electron chi connectivity index (χ1n) is 8.44. The van der Waals surface area contributed by atoms with Gasteiger partial charge in [0.1, 0.15) is 0 Å². The molecule has 2 rings (SSSR count). The first kappa shape index (κ1) is 20.3. The number of halogens is 2. The summed E-state index contributed by atoms with van der Waals surface area (Å²) in [6.07, 6.45) is -0.650. The number of aliphatic hydroxyl groups is 1. The topological polar surface area (TPSA) is 69.1 Å². The van der Waals surface area contributed by atoms with E-state index in [1.165, 1.54) is 0 Å². The molecule has 0 saturated carbocycles. The molecule has 0 radical (unpaired) electrons. The maximum absolute atomic E-state index is 10.3. The second-order valence-corrected chi connectivity index (χ2v) is 6.95. The Kier molecular flexibility index (Phi) is 8.26. The lowest BCUT2D eigenvalue weighted by Gasteiger charge is -2.30. The molecule has 1 heterocycles. The van der Waals surface area contributed by atoms with Gasteiger partial charge in [0.05, 0.1) is 25.4 Å². The Morgan fingerprint density at radius 3 is 2.72 bits per heavy atom. The van der Waals surface area contributed by atoms with Gasteiger partial charge in [0, 0.05) is 36.2 Å². The summed E-state index contributed by atoms with van der Waals surface area (Å²) in [5.74, 6) is 0.645. The summed E-state index contributed by atoms with van der Waals surface area (Å²) >= 11 is 12.0. The Labute approximate surface area is 159 Å². The third-order valence-corrected chi connectivity index (χ3v) is 4.31. The highest BCUT2D eigenvalue weighted by atomic mass is 35.5. The number of nitrogens with zero attached hydrogens (tertiary/aromatic N) is 2. The normalized spacial score (nSPS) is 20.4. The minimum Gasteiger partial charge on any atom is -0.386 e. The number of nitrogens with one attached hydrogen (secondary N) is 2. The molecule has 0 spiro atoms. The maximum Gasteiger partial charge on any atom is 0.191 e. The molecule has 6 nitrogen and oxygen atoms in total. The number of rotatable bonds is 6. The Morgan fingerprint density at radius 1 is 1.36 bits per heavy atom. The van der Waals surface area contributed by atoms with Crippen molar-refractivity contribution in [2.45, 2.75) is 19.1 Å². The molecule has 0 amide bonds. The molecule has 1 aromatic carbocycles. The summed E-state index contributed by atoms with van der Waals surface area (Å²) in [5, 5.41) is 17.8. The molecular formula is C17H26Cl2N4O2. The van der Waals surface area contributed by atoms with Gasteiger partial charge in [-0.15, -0.1) is 0 Å². The second kappa shape index (κ2) is 10.2. The molecule has 1 aliphatic heterocycles. The van der Waals surface area contributed by atoms with E-state index in [0.29, 0.717) is 28.1 Å². The van der Waals surface area contributed by atoms with Crippen LogP contribution in [0, 0.1) is 0 Å². The summed E-state index contributed by atoms with van der Waals surface area (Å²) in [6.45, 7) is 6.18. The van der Waals surface area contributed by atoms with E-state index in [9.17, 15) is 5.11 Å². The van der Waals surface area contributed by atoms with Crippen LogP contribution in [0.1, 0.15) is 18.6 Å². The quantitative estimate of drug-likeness (QED) is 0.512. The van der Waals surface area contributed by atoms with Crippen molar-refractivity contribution >= 4 is 29.2 Å². The predicted molar refractivity (Wildman–Crippen MR) is 103 cm³/mol. The number of benzene rings is 1. The predicted octanol–water partition coefficient (Wildman–Crippen LogP) is 1.91. The fraction of sp³-hybridized carbons (Fsp3) is 0.588. The van der Waals surface area contributed by atoms with Crippen LogP contribution in [0.15, 0.2) is 23.2 Å². The maximum atomic E-state index is 10.3. The fourth-order valence-electron chi connectivity index (χ4n) is 2.59. The Balaban J connectivity index is 1.91. The molecule has 1 aliphatic rings. The van der Waals surface area contributed by atoms with Crippen LogP contribution in [0.4, 0.5) is 0 Å². The molecular weight excluding hydrogens is 363 g/mol. The van der Waals surface area contributed by atoms with E-state index in [-0.39, 0.29) is 12.6 Å². The summed E-state index contributed by atoms with van der Waals surface area (Å²) in [6, 6.07) is 5.02. The molecule has 0 aliphatic carbocycles. The molecule has 1 fully saturated rings. The Morgan fingerprint density at radius 2 is 2.08 bits per heavy atom. The van der Waals surface area contributed by atoms with Crippen LogP contribution >= 0.6 is 23.2 Å². The van der Waals surface area contributed by atoms with Crippen LogP contribution in [0.3, 0.4) is 0 Å². The van der Waals surface area contributed by atoms with Crippen molar-refractivity contribution in [3.05, 3.63) is 33.8 Å². The van der Waals surface area contributed by atoms with Crippen molar-refractivity contribution in [1.82, 2.24) is 15.5 Å². The molecule has 140 valence electrons. The van der Waals surface area contributed by atoms with E-state index in [0.717, 1.165) is 26.2 Å².